The molecule has 1 aromatic carbocycles. The lowest BCUT2D eigenvalue weighted by Gasteiger charge is -2.02. The van der Waals surface area contributed by atoms with E-state index in [4.69, 9.17) is 9.26 Å². The van der Waals surface area contributed by atoms with Crippen LogP contribution in [0.4, 0.5) is 0 Å². The van der Waals surface area contributed by atoms with Crippen LogP contribution in [-0.4, -0.2) is 12.3 Å². The summed E-state index contributed by atoms with van der Waals surface area (Å²) in [5.74, 6) is 0.837. The van der Waals surface area contributed by atoms with Gasteiger partial charge in [0.2, 0.25) is 0 Å². The largest absolute Gasteiger partial charge is 0.496 e. The van der Waals surface area contributed by atoms with E-state index >= 15 is 0 Å². The third-order valence-corrected chi connectivity index (χ3v) is 2.24. The van der Waals surface area contributed by atoms with E-state index in [1.165, 1.54) is 0 Å². The number of methoxy groups -OCH3 is 1. The summed E-state index contributed by atoms with van der Waals surface area (Å²) in [7, 11) is 1.65. The Bertz CT molecular complexity index is 446. The highest BCUT2D eigenvalue weighted by Crippen LogP contribution is 2.28. The maximum atomic E-state index is 5.19. The number of ether oxygens (including phenoxy) is 1. The van der Waals surface area contributed by atoms with Gasteiger partial charge in [-0.1, -0.05) is 26.4 Å². The molecule has 0 fully saturated rings. The summed E-state index contributed by atoms with van der Waals surface area (Å²) in [5.41, 5.74) is 2.73. The number of benzene rings is 1. The zero-order chi connectivity index (χ0) is 11.4. The average Bonchev–Trinajstić information content (AvgIpc) is 2.65. The highest BCUT2D eigenvalue weighted by atomic mass is 16.5. The summed E-state index contributed by atoms with van der Waals surface area (Å²) in [4.78, 5) is 0. The van der Waals surface area contributed by atoms with Crippen LogP contribution in [0.3, 0.4) is 0 Å². The third-order valence-electron chi connectivity index (χ3n) is 2.24. The number of rotatable bonds is 1. The molecule has 0 N–H and O–H groups in total. The highest BCUT2D eigenvalue weighted by Gasteiger charge is 2.09. The molecule has 90 valence electrons. The van der Waals surface area contributed by atoms with Crippen LogP contribution >= 0.6 is 0 Å². The van der Waals surface area contributed by atoms with Crippen molar-refractivity contribution in [1.29, 1.82) is 0 Å². The van der Waals surface area contributed by atoms with Gasteiger partial charge in [-0.25, -0.2) is 0 Å². The van der Waals surface area contributed by atoms with E-state index in [1.54, 1.807) is 7.11 Å². The molecule has 1 aromatic heterocycles. The minimum Gasteiger partial charge on any atom is -0.496 e. The number of aromatic nitrogens is 1. The summed E-state index contributed by atoms with van der Waals surface area (Å²) in [6, 6.07) is 3.90. The molecule has 0 saturated carbocycles. The Morgan fingerprint density at radius 2 is 1.81 bits per heavy atom. The average molecular weight is 223 g/mol. The second-order valence-corrected chi connectivity index (χ2v) is 3.04. The Balaban J connectivity index is 0.000000711. The predicted molar refractivity (Wildman–Crippen MR) is 68.1 cm³/mol. The van der Waals surface area contributed by atoms with Crippen molar-refractivity contribution in [3.8, 4) is 5.75 Å². The molecule has 2 rings (SSSR count). The molecule has 0 saturated heterocycles. The monoisotopic (exact) mass is 223 g/mol. The Hall–Kier alpha value is -1.51. The van der Waals surface area contributed by atoms with Crippen LogP contribution in [0.15, 0.2) is 16.7 Å². The van der Waals surface area contributed by atoms with Gasteiger partial charge < -0.3 is 9.26 Å². The van der Waals surface area contributed by atoms with E-state index in [0.29, 0.717) is 0 Å². The van der Waals surface area contributed by atoms with E-state index in [1.807, 2.05) is 39.8 Å². The molecule has 0 bridgehead atoms. The lowest BCUT2D eigenvalue weighted by atomic mass is 10.1. The first-order chi connectivity index (χ1) is 7.24. The van der Waals surface area contributed by atoms with Crippen molar-refractivity contribution < 1.29 is 9.26 Å². The molecule has 0 amide bonds. The van der Waals surface area contributed by atoms with Gasteiger partial charge in [-0.3, -0.25) is 0 Å². The van der Waals surface area contributed by atoms with Crippen molar-refractivity contribution in [2.75, 3.05) is 7.11 Å². The van der Waals surface area contributed by atoms with Crippen molar-refractivity contribution in [1.82, 2.24) is 5.16 Å². The number of hydrogen-bond donors (Lipinski definition) is 0. The van der Waals surface area contributed by atoms with Gasteiger partial charge in [0.05, 0.1) is 12.8 Å². The van der Waals surface area contributed by atoms with Crippen LogP contribution in [-0.2, 0) is 0 Å². The minimum atomic E-state index is 0. The Kier molecular flexibility index (Phi) is 5.57. The molecule has 3 heteroatoms. The van der Waals surface area contributed by atoms with Gasteiger partial charge >= 0.3 is 0 Å². The Morgan fingerprint density at radius 1 is 1.19 bits per heavy atom. The fourth-order valence-electron chi connectivity index (χ4n) is 1.46. The highest BCUT2D eigenvalue weighted by molar-refractivity contribution is 5.84. The lowest BCUT2D eigenvalue weighted by molar-refractivity contribution is 0.407. The summed E-state index contributed by atoms with van der Waals surface area (Å²) in [6.07, 6.45) is 0. The van der Waals surface area contributed by atoms with Crippen molar-refractivity contribution in [2.45, 2.75) is 35.1 Å². The smallest absolute Gasteiger partial charge is 0.173 e. The van der Waals surface area contributed by atoms with Crippen LogP contribution in [0.25, 0.3) is 11.0 Å². The lowest BCUT2D eigenvalue weighted by Crippen LogP contribution is -1.86. The van der Waals surface area contributed by atoms with E-state index in [0.717, 1.165) is 28.0 Å². The molecule has 0 aliphatic heterocycles. The van der Waals surface area contributed by atoms with Crippen molar-refractivity contribution in [2.24, 2.45) is 0 Å². The maximum absolute atomic E-state index is 5.19. The fraction of sp³-hybridized carbons (Fsp3) is 0.462. The quantitative estimate of drug-likeness (QED) is 0.729. The summed E-state index contributed by atoms with van der Waals surface area (Å²) >= 11 is 0. The van der Waals surface area contributed by atoms with E-state index in [9.17, 15) is 0 Å². The molecular weight excluding hydrogens is 202 g/mol. The molecule has 3 nitrogen and oxygen atoms in total. The molecule has 0 radical (unpaired) electrons. The molecule has 0 aliphatic carbocycles. The van der Waals surface area contributed by atoms with Gasteiger partial charge in [0, 0.05) is 10.9 Å². The maximum Gasteiger partial charge on any atom is 0.173 e. The summed E-state index contributed by atoms with van der Waals surface area (Å²) < 4.78 is 10.4. The Morgan fingerprint density at radius 3 is 2.38 bits per heavy atom. The summed E-state index contributed by atoms with van der Waals surface area (Å²) in [5, 5.41) is 4.96. The van der Waals surface area contributed by atoms with Gasteiger partial charge in [-0.05, 0) is 26.0 Å². The van der Waals surface area contributed by atoms with Gasteiger partial charge in [0.1, 0.15) is 5.75 Å². The molecule has 0 aliphatic rings. The predicted octanol–water partition coefficient (Wildman–Crippen LogP) is 4.12. The third kappa shape index (κ3) is 2.35. The molecule has 1 heterocycles. The van der Waals surface area contributed by atoms with Crippen LogP contribution in [0.1, 0.15) is 32.5 Å². The van der Waals surface area contributed by atoms with Crippen LogP contribution in [0.5, 0.6) is 5.75 Å². The zero-order valence-corrected chi connectivity index (χ0v) is 9.92. The first-order valence-electron chi connectivity index (χ1n) is 5.13. The Labute approximate surface area is 97.4 Å². The molecule has 16 heavy (non-hydrogen) atoms. The van der Waals surface area contributed by atoms with Crippen molar-refractivity contribution >= 4 is 11.0 Å². The molecule has 0 atom stereocenters. The fourth-order valence-corrected chi connectivity index (χ4v) is 1.46. The van der Waals surface area contributed by atoms with Crippen molar-refractivity contribution in [3.63, 3.8) is 0 Å². The van der Waals surface area contributed by atoms with Gasteiger partial charge in [-0.2, -0.15) is 0 Å². The van der Waals surface area contributed by atoms with Crippen LogP contribution < -0.4 is 4.74 Å². The first-order valence-corrected chi connectivity index (χ1v) is 5.13. The summed E-state index contributed by atoms with van der Waals surface area (Å²) in [6.45, 7) is 7.89. The van der Waals surface area contributed by atoms with Crippen molar-refractivity contribution in [3.05, 3.63) is 23.4 Å². The number of aryl methyl sites for hydroxylation is 2. The molecule has 0 unspecified atom stereocenters. The van der Waals surface area contributed by atoms with Crippen LogP contribution in [0.2, 0.25) is 0 Å². The molecule has 0 spiro atoms. The van der Waals surface area contributed by atoms with Gasteiger partial charge in [-0.15, -0.1) is 0 Å². The zero-order valence-electron chi connectivity index (χ0n) is 9.92. The standard InChI is InChI=1S/C10H11NO2.C2H6.CH4/c1-6-9(12-3)5-4-8-7(2)11-13-10(6)8;1-2;/h4-5H,1-3H3;1-2H3;1H4. The van der Waals surface area contributed by atoms with E-state index < -0.39 is 0 Å². The number of fused-ring (bicyclic) bond motifs is 1. The minimum absolute atomic E-state index is 0. The second kappa shape index (κ2) is 6.16. The number of hydrogen-bond acceptors (Lipinski definition) is 3. The molecular formula is C13H21NO2. The normalized spacial score (nSPS) is 9.06. The van der Waals surface area contributed by atoms with Gasteiger partial charge in [0.15, 0.2) is 5.58 Å². The van der Waals surface area contributed by atoms with E-state index in [-0.39, 0.29) is 7.43 Å². The van der Waals surface area contributed by atoms with E-state index in [2.05, 4.69) is 5.16 Å². The topological polar surface area (TPSA) is 35.3 Å². The first kappa shape index (κ1) is 14.5. The second-order valence-electron chi connectivity index (χ2n) is 3.04. The van der Waals surface area contributed by atoms with Crippen LogP contribution in [0, 0.1) is 13.8 Å². The SMILES string of the molecule is C.CC.COc1ccc2c(C)noc2c1C. The molecule has 2 aromatic rings. The van der Waals surface area contributed by atoms with Gasteiger partial charge in [0.25, 0.3) is 0 Å². The number of nitrogens with zero attached hydrogens (tertiary/aromatic N) is 1.